The summed E-state index contributed by atoms with van der Waals surface area (Å²) in [5.74, 6) is -1.64. The summed E-state index contributed by atoms with van der Waals surface area (Å²) in [6, 6.07) is 5.74. The smallest absolute Gasteiger partial charge is 0.196 e. The lowest BCUT2D eigenvalue weighted by Gasteiger charge is -2.10. The van der Waals surface area contributed by atoms with Crippen LogP contribution < -0.4 is 15.2 Å². The van der Waals surface area contributed by atoms with E-state index in [1.54, 1.807) is 0 Å². The summed E-state index contributed by atoms with van der Waals surface area (Å²) >= 11 is 0. The number of anilines is 1. The largest absolute Gasteiger partial charge is 0.493 e. The van der Waals surface area contributed by atoms with Gasteiger partial charge >= 0.3 is 0 Å². The molecular formula is C15H13F2NO3. The third-order valence-corrected chi connectivity index (χ3v) is 2.98. The van der Waals surface area contributed by atoms with Gasteiger partial charge in [0.2, 0.25) is 0 Å². The number of hydrogen-bond acceptors (Lipinski definition) is 4. The van der Waals surface area contributed by atoms with Gasteiger partial charge in [-0.25, -0.2) is 8.78 Å². The molecule has 0 fully saturated rings. The highest BCUT2D eigenvalue weighted by molar-refractivity contribution is 6.09. The molecule has 0 unspecified atom stereocenters. The van der Waals surface area contributed by atoms with Crippen molar-refractivity contribution in [3.63, 3.8) is 0 Å². The van der Waals surface area contributed by atoms with E-state index >= 15 is 0 Å². The summed E-state index contributed by atoms with van der Waals surface area (Å²) in [5.41, 5.74) is 5.11. The first-order valence-corrected chi connectivity index (χ1v) is 5.99. The first-order valence-electron chi connectivity index (χ1n) is 5.99. The SMILES string of the molecule is COc1cc(F)c(C(=O)c2ccc(F)c(N)c2)cc1OC. The molecule has 0 saturated heterocycles. The Kier molecular flexibility index (Phi) is 4.07. The monoisotopic (exact) mass is 293 g/mol. The van der Waals surface area contributed by atoms with E-state index in [9.17, 15) is 13.6 Å². The summed E-state index contributed by atoms with van der Waals surface area (Å²) in [6.45, 7) is 0. The van der Waals surface area contributed by atoms with Gasteiger partial charge in [0.25, 0.3) is 0 Å². The van der Waals surface area contributed by atoms with Crippen LogP contribution in [0.15, 0.2) is 30.3 Å². The Labute approximate surface area is 120 Å². The van der Waals surface area contributed by atoms with E-state index in [1.165, 1.54) is 26.4 Å². The molecule has 2 rings (SSSR count). The maximum Gasteiger partial charge on any atom is 0.196 e. The van der Waals surface area contributed by atoms with E-state index in [-0.39, 0.29) is 28.3 Å². The molecule has 2 aromatic carbocycles. The highest BCUT2D eigenvalue weighted by atomic mass is 19.1. The van der Waals surface area contributed by atoms with Gasteiger partial charge in [-0.3, -0.25) is 4.79 Å². The fourth-order valence-corrected chi connectivity index (χ4v) is 1.87. The van der Waals surface area contributed by atoms with Gasteiger partial charge in [-0.05, 0) is 24.3 Å². The average Bonchev–Trinajstić information content (AvgIpc) is 2.49. The molecular weight excluding hydrogens is 280 g/mol. The van der Waals surface area contributed by atoms with Crippen molar-refractivity contribution in [3.05, 3.63) is 53.1 Å². The van der Waals surface area contributed by atoms with Crippen molar-refractivity contribution in [2.75, 3.05) is 20.0 Å². The fraction of sp³-hybridized carbons (Fsp3) is 0.133. The highest BCUT2D eigenvalue weighted by Crippen LogP contribution is 2.31. The molecule has 2 N–H and O–H groups in total. The Bertz CT molecular complexity index is 702. The molecule has 0 spiro atoms. The Hall–Kier alpha value is -2.63. The van der Waals surface area contributed by atoms with Crippen LogP contribution in [0.25, 0.3) is 0 Å². The van der Waals surface area contributed by atoms with Crippen molar-refractivity contribution in [2.45, 2.75) is 0 Å². The van der Waals surface area contributed by atoms with Crippen molar-refractivity contribution < 1.29 is 23.0 Å². The molecule has 4 nitrogen and oxygen atoms in total. The Morgan fingerprint density at radius 1 is 1.00 bits per heavy atom. The number of carbonyl (C=O) groups is 1. The lowest BCUT2D eigenvalue weighted by molar-refractivity contribution is 0.103. The van der Waals surface area contributed by atoms with E-state index in [2.05, 4.69) is 0 Å². The first-order chi connectivity index (χ1) is 9.97. The standard InChI is InChI=1S/C15H13F2NO3/c1-20-13-6-9(11(17)7-14(13)21-2)15(19)8-3-4-10(16)12(18)5-8/h3-7H,18H2,1-2H3. The Morgan fingerprint density at radius 2 is 1.62 bits per heavy atom. The molecule has 21 heavy (non-hydrogen) atoms. The molecule has 0 bridgehead atoms. The molecule has 0 atom stereocenters. The average molecular weight is 293 g/mol. The molecule has 0 heterocycles. The molecule has 0 radical (unpaired) electrons. The van der Waals surface area contributed by atoms with Crippen LogP contribution in [0.4, 0.5) is 14.5 Å². The molecule has 0 aliphatic carbocycles. The third kappa shape index (κ3) is 2.79. The molecule has 110 valence electrons. The van der Waals surface area contributed by atoms with Crippen molar-refractivity contribution >= 4 is 11.5 Å². The second kappa shape index (κ2) is 5.78. The van der Waals surface area contributed by atoms with Crippen molar-refractivity contribution in [1.29, 1.82) is 0 Å². The van der Waals surface area contributed by atoms with Crippen LogP contribution in [0.2, 0.25) is 0 Å². The zero-order valence-electron chi connectivity index (χ0n) is 11.4. The van der Waals surface area contributed by atoms with Gasteiger partial charge < -0.3 is 15.2 Å². The van der Waals surface area contributed by atoms with Gasteiger partial charge in [0.05, 0.1) is 25.5 Å². The number of ketones is 1. The van der Waals surface area contributed by atoms with Crippen molar-refractivity contribution in [2.24, 2.45) is 0 Å². The number of nitrogen functional groups attached to an aromatic ring is 1. The topological polar surface area (TPSA) is 61.5 Å². The molecule has 0 saturated carbocycles. The van der Waals surface area contributed by atoms with E-state index in [1.807, 2.05) is 0 Å². The molecule has 0 amide bonds. The summed E-state index contributed by atoms with van der Waals surface area (Å²) in [5, 5.41) is 0. The van der Waals surface area contributed by atoms with Gasteiger partial charge in [0.1, 0.15) is 11.6 Å². The van der Waals surface area contributed by atoms with Crippen LogP contribution in [0.3, 0.4) is 0 Å². The molecule has 6 heteroatoms. The fourth-order valence-electron chi connectivity index (χ4n) is 1.87. The normalized spacial score (nSPS) is 10.3. The summed E-state index contributed by atoms with van der Waals surface area (Å²) in [4.78, 5) is 12.3. The first kappa shape index (κ1) is 14.8. The Balaban J connectivity index is 2.50. The van der Waals surface area contributed by atoms with Gasteiger partial charge in [-0.2, -0.15) is 0 Å². The third-order valence-electron chi connectivity index (χ3n) is 2.98. The maximum atomic E-state index is 14.0. The van der Waals surface area contributed by atoms with Crippen LogP contribution in [0.5, 0.6) is 11.5 Å². The summed E-state index contributed by atoms with van der Waals surface area (Å²) in [7, 11) is 2.74. The van der Waals surface area contributed by atoms with E-state index in [0.29, 0.717) is 0 Å². The van der Waals surface area contributed by atoms with Gasteiger partial charge in [0, 0.05) is 11.6 Å². The summed E-state index contributed by atoms with van der Waals surface area (Å²) in [6.07, 6.45) is 0. The van der Waals surface area contributed by atoms with Gasteiger partial charge in [0.15, 0.2) is 17.3 Å². The number of methoxy groups -OCH3 is 2. The minimum absolute atomic E-state index is 0.0834. The highest BCUT2D eigenvalue weighted by Gasteiger charge is 2.19. The number of rotatable bonds is 4. The predicted octanol–water partition coefficient (Wildman–Crippen LogP) is 2.80. The van der Waals surface area contributed by atoms with Crippen molar-refractivity contribution in [3.8, 4) is 11.5 Å². The molecule has 0 aliphatic heterocycles. The molecule has 2 aromatic rings. The zero-order chi connectivity index (χ0) is 15.6. The number of hydrogen-bond donors (Lipinski definition) is 1. The van der Waals surface area contributed by atoms with Crippen molar-refractivity contribution in [1.82, 2.24) is 0 Å². The number of benzene rings is 2. The van der Waals surface area contributed by atoms with E-state index in [0.717, 1.165) is 18.2 Å². The Morgan fingerprint density at radius 3 is 2.19 bits per heavy atom. The second-order valence-corrected chi connectivity index (χ2v) is 4.25. The van der Waals surface area contributed by atoms with Crippen LogP contribution in [0, 0.1) is 11.6 Å². The van der Waals surface area contributed by atoms with E-state index < -0.39 is 17.4 Å². The van der Waals surface area contributed by atoms with Gasteiger partial charge in [-0.1, -0.05) is 0 Å². The number of ether oxygens (including phenoxy) is 2. The van der Waals surface area contributed by atoms with Crippen LogP contribution in [0.1, 0.15) is 15.9 Å². The number of halogens is 2. The minimum Gasteiger partial charge on any atom is -0.493 e. The van der Waals surface area contributed by atoms with Crippen LogP contribution in [-0.4, -0.2) is 20.0 Å². The summed E-state index contributed by atoms with van der Waals surface area (Å²) < 4.78 is 37.1. The van der Waals surface area contributed by atoms with Crippen LogP contribution >= 0.6 is 0 Å². The minimum atomic E-state index is -0.763. The van der Waals surface area contributed by atoms with Gasteiger partial charge in [-0.15, -0.1) is 0 Å². The maximum absolute atomic E-state index is 14.0. The molecule has 0 aliphatic rings. The lowest BCUT2D eigenvalue weighted by Crippen LogP contribution is -2.07. The van der Waals surface area contributed by atoms with Crippen LogP contribution in [-0.2, 0) is 0 Å². The zero-order valence-corrected chi connectivity index (χ0v) is 11.4. The lowest BCUT2D eigenvalue weighted by atomic mass is 10.0. The number of carbonyl (C=O) groups excluding carboxylic acids is 1. The number of nitrogens with two attached hydrogens (primary N) is 1. The van der Waals surface area contributed by atoms with E-state index in [4.69, 9.17) is 15.2 Å². The molecule has 0 aromatic heterocycles. The quantitative estimate of drug-likeness (QED) is 0.695. The predicted molar refractivity (Wildman–Crippen MR) is 73.7 cm³/mol. The second-order valence-electron chi connectivity index (χ2n) is 4.25.